The van der Waals surface area contributed by atoms with Gasteiger partial charge in [-0.1, -0.05) is 48.5 Å². The van der Waals surface area contributed by atoms with Gasteiger partial charge in [-0.3, -0.25) is 4.98 Å². The Labute approximate surface area is 136 Å². The summed E-state index contributed by atoms with van der Waals surface area (Å²) in [5.74, 6) is 0.556. The topological polar surface area (TPSA) is 42.4 Å². The van der Waals surface area contributed by atoms with Crippen molar-refractivity contribution in [2.24, 2.45) is 0 Å². The molecule has 1 N–H and O–H groups in total. The van der Waals surface area contributed by atoms with Crippen molar-refractivity contribution in [3.05, 3.63) is 95.8 Å². The Kier molecular flexibility index (Phi) is 4.69. The van der Waals surface area contributed by atoms with Gasteiger partial charge in [-0.15, -0.1) is 0 Å². The number of ether oxygens (including phenoxy) is 1. The zero-order chi connectivity index (χ0) is 16.1. The summed E-state index contributed by atoms with van der Waals surface area (Å²) in [7, 11) is 1.63. The van der Waals surface area contributed by atoms with Gasteiger partial charge in [-0.2, -0.15) is 0 Å². The molecule has 3 rings (SSSR count). The maximum absolute atomic E-state index is 11.0. The van der Waals surface area contributed by atoms with Crippen LogP contribution in [0.3, 0.4) is 0 Å². The molecule has 3 heteroatoms. The summed E-state index contributed by atoms with van der Waals surface area (Å²) in [6.45, 7) is 0. The van der Waals surface area contributed by atoms with E-state index in [9.17, 15) is 5.11 Å². The third kappa shape index (κ3) is 3.41. The summed E-state index contributed by atoms with van der Waals surface area (Å²) >= 11 is 0. The molecule has 0 bridgehead atoms. The molecule has 0 saturated carbocycles. The van der Waals surface area contributed by atoms with E-state index in [2.05, 4.69) is 4.98 Å². The number of hydrogen-bond donors (Lipinski definition) is 1. The molecule has 2 atom stereocenters. The van der Waals surface area contributed by atoms with Gasteiger partial charge in [0.15, 0.2) is 0 Å². The van der Waals surface area contributed by atoms with Gasteiger partial charge in [0.2, 0.25) is 0 Å². The van der Waals surface area contributed by atoms with Crippen LogP contribution in [0.5, 0.6) is 5.75 Å². The minimum Gasteiger partial charge on any atom is -0.497 e. The summed E-state index contributed by atoms with van der Waals surface area (Å²) in [4.78, 5) is 4.45. The molecule has 0 spiro atoms. The molecule has 0 radical (unpaired) electrons. The molecule has 0 aliphatic heterocycles. The van der Waals surface area contributed by atoms with Gasteiger partial charge >= 0.3 is 0 Å². The number of methoxy groups -OCH3 is 1. The van der Waals surface area contributed by atoms with Crippen LogP contribution in [0.25, 0.3) is 0 Å². The molecule has 3 nitrogen and oxygen atoms in total. The highest BCUT2D eigenvalue weighted by Gasteiger charge is 2.25. The van der Waals surface area contributed by atoms with Gasteiger partial charge in [-0.05, 0) is 35.4 Å². The number of rotatable bonds is 5. The number of aliphatic hydroxyl groups is 1. The van der Waals surface area contributed by atoms with Crippen molar-refractivity contribution in [2.45, 2.75) is 12.0 Å². The molecule has 0 amide bonds. The quantitative estimate of drug-likeness (QED) is 0.776. The number of benzene rings is 2. The van der Waals surface area contributed by atoms with Gasteiger partial charge in [0, 0.05) is 6.20 Å². The van der Waals surface area contributed by atoms with E-state index >= 15 is 0 Å². The van der Waals surface area contributed by atoms with E-state index in [0.717, 1.165) is 22.6 Å². The van der Waals surface area contributed by atoms with Crippen molar-refractivity contribution in [3.8, 4) is 5.75 Å². The van der Waals surface area contributed by atoms with Crippen molar-refractivity contribution < 1.29 is 9.84 Å². The molecule has 23 heavy (non-hydrogen) atoms. The molecule has 116 valence electrons. The van der Waals surface area contributed by atoms with Gasteiger partial charge in [0.25, 0.3) is 0 Å². The normalized spacial score (nSPS) is 13.3. The Morgan fingerprint density at radius 2 is 1.52 bits per heavy atom. The predicted octanol–water partition coefficient (Wildman–Crippen LogP) is 3.96. The van der Waals surface area contributed by atoms with Gasteiger partial charge in [-0.25, -0.2) is 0 Å². The van der Waals surface area contributed by atoms with Crippen LogP contribution in [0.2, 0.25) is 0 Å². The zero-order valence-electron chi connectivity index (χ0n) is 13.0. The van der Waals surface area contributed by atoms with Crippen LogP contribution < -0.4 is 4.74 Å². The van der Waals surface area contributed by atoms with Crippen molar-refractivity contribution in [2.75, 3.05) is 7.11 Å². The molecule has 3 aromatic rings. The minimum atomic E-state index is -0.682. The van der Waals surface area contributed by atoms with Crippen LogP contribution in [-0.2, 0) is 0 Å². The second-order valence-corrected chi connectivity index (χ2v) is 5.36. The third-order valence-electron chi connectivity index (χ3n) is 3.94. The first-order chi connectivity index (χ1) is 11.3. The lowest BCUT2D eigenvalue weighted by atomic mass is 9.86. The molecule has 0 aliphatic carbocycles. The summed E-state index contributed by atoms with van der Waals surface area (Å²) in [6.07, 6.45) is 1.07. The van der Waals surface area contributed by atoms with Crippen LogP contribution in [0.15, 0.2) is 79.0 Å². The van der Waals surface area contributed by atoms with Crippen LogP contribution in [0.1, 0.15) is 28.8 Å². The van der Waals surface area contributed by atoms with Crippen LogP contribution in [0, 0.1) is 0 Å². The van der Waals surface area contributed by atoms with Crippen LogP contribution in [-0.4, -0.2) is 17.2 Å². The zero-order valence-corrected chi connectivity index (χ0v) is 13.0. The van der Waals surface area contributed by atoms with Crippen molar-refractivity contribution >= 4 is 0 Å². The fourth-order valence-electron chi connectivity index (χ4n) is 2.73. The Balaban J connectivity index is 2.00. The van der Waals surface area contributed by atoms with E-state index in [1.165, 1.54) is 0 Å². The molecule has 2 aromatic carbocycles. The highest BCUT2D eigenvalue weighted by molar-refractivity contribution is 5.36. The molecule has 1 heterocycles. The smallest absolute Gasteiger partial charge is 0.118 e. The number of aliphatic hydroxyl groups excluding tert-OH is 1. The lowest BCUT2D eigenvalue weighted by molar-refractivity contribution is 0.157. The summed E-state index contributed by atoms with van der Waals surface area (Å²) in [6, 6.07) is 23.2. The Morgan fingerprint density at radius 1 is 0.826 bits per heavy atom. The first-order valence-corrected chi connectivity index (χ1v) is 7.57. The van der Waals surface area contributed by atoms with Crippen LogP contribution in [0.4, 0.5) is 0 Å². The molecule has 1 aromatic heterocycles. The Morgan fingerprint density at radius 3 is 2.13 bits per heavy atom. The number of hydrogen-bond acceptors (Lipinski definition) is 3. The van der Waals surface area contributed by atoms with Crippen LogP contribution >= 0.6 is 0 Å². The SMILES string of the molecule is COc1ccc([C@@H](O)[C@H](c2ccccc2)c2ccccn2)cc1. The average molecular weight is 305 g/mol. The molecule has 0 unspecified atom stereocenters. The first kappa shape index (κ1) is 15.3. The third-order valence-corrected chi connectivity index (χ3v) is 3.94. The summed E-state index contributed by atoms with van der Waals surface area (Å²) < 4.78 is 5.18. The fraction of sp³-hybridized carbons (Fsp3) is 0.150. The van der Waals surface area contributed by atoms with Crippen molar-refractivity contribution in [1.29, 1.82) is 0 Å². The Hall–Kier alpha value is -2.65. The lowest BCUT2D eigenvalue weighted by Gasteiger charge is -2.23. The predicted molar refractivity (Wildman–Crippen MR) is 90.5 cm³/mol. The summed E-state index contributed by atoms with van der Waals surface area (Å²) in [5.41, 5.74) is 2.72. The minimum absolute atomic E-state index is 0.217. The second-order valence-electron chi connectivity index (χ2n) is 5.36. The highest BCUT2D eigenvalue weighted by Crippen LogP contribution is 2.36. The molecule has 0 saturated heterocycles. The monoisotopic (exact) mass is 305 g/mol. The lowest BCUT2D eigenvalue weighted by Crippen LogP contribution is -2.13. The highest BCUT2D eigenvalue weighted by atomic mass is 16.5. The molecule has 0 aliphatic rings. The fourth-order valence-corrected chi connectivity index (χ4v) is 2.73. The van der Waals surface area contributed by atoms with E-state index in [0.29, 0.717) is 0 Å². The van der Waals surface area contributed by atoms with Crippen molar-refractivity contribution in [1.82, 2.24) is 4.98 Å². The van der Waals surface area contributed by atoms with Crippen molar-refractivity contribution in [3.63, 3.8) is 0 Å². The number of nitrogens with zero attached hydrogens (tertiary/aromatic N) is 1. The standard InChI is InChI=1S/C20H19NO2/c1-23-17-12-10-16(11-13-17)20(22)19(15-7-3-2-4-8-15)18-9-5-6-14-21-18/h2-14,19-20,22H,1H3/t19-,20-/m1/s1. The number of pyridine rings is 1. The van der Waals surface area contributed by atoms with E-state index < -0.39 is 6.10 Å². The van der Waals surface area contributed by atoms with E-state index in [-0.39, 0.29) is 5.92 Å². The first-order valence-electron chi connectivity index (χ1n) is 7.57. The van der Waals surface area contributed by atoms with E-state index in [1.54, 1.807) is 13.3 Å². The molecular formula is C20H19NO2. The second kappa shape index (κ2) is 7.07. The van der Waals surface area contributed by atoms with Gasteiger partial charge in [0.05, 0.1) is 24.8 Å². The number of aromatic nitrogens is 1. The van der Waals surface area contributed by atoms with E-state index in [1.807, 2.05) is 72.8 Å². The average Bonchev–Trinajstić information content (AvgIpc) is 2.64. The maximum Gasteiger partial charge on any atom is 0.118 e. The summed E-state index contributed by atoms with van der Waals surface area (Å²) in [5, 5.41) is 11.0. The Bertz CT molecular complexity index is 687. The molecule has 0 fully saturated rings. The van der Waals surface area contributed by atoms with Gasteiger partial charge < -0.3 is 9.84 Å². The molecular weight excluding hydrogens is 286 g/mol. The largest absolute Gasteiger partial charge is 0.497 e. The van der Waals surface area contributed by atoms with Gasteiger partial charge in [0.1, 0.15) is 5.75 Å². The maximum atomic E-state index is 11.0. The van der Waals surface area contributed by atoms with E-state index in [4.69, 9.17) is 4.74 Å².